The van der Waals surface area contributed by atoms with Crippen LogP contribution in [0, 0.1) is 0 Å². The van der Waals surface area contributed by atoms with E-state index in [9.17, 15) is 9.59 Å². The Labute approximate surface area is 128 Å². The van der Waals surface area contributed by atoms with Crippen LogP contribution in [0.25, 0.3) is 0 Å². The first-order valence-electron chi connectivity index (χ1n) is 6.43. The fourth-order valence-corrected chi connectivity index (χ4v) is 2.53. The van der Waals surface area contributed by atoms with E-state index in [0.29, 0.717) is 48.3 Å². The summed E-state index contributed by atoms with van der Waals surface area (Å²) >= 11 is 11.8. The highest BCUT2D eigenvalue weighted by molar-refractivity contribution is 6.42. The van der Waals surface area contributed by atoms with Gasteiger partial charge in [-0.3, -0.25) is 14.5 Å². The molecule has 1 heterocycles. The number of piperazine rings is 1. The molecular weight excluding hydrogens is 299 g/mol. The summed E-state index contributed by atoms with van der Waals surface area (Å²) in [5.41, 5.74) is 0.541. The fourth-order valence-electron chi connectivity index (χ4n) is 2.24. The lowest BCUT2D eigenvalue weighted by Crippen LogP contribution is -2.49. The molecule has 108 valence electrons. The monoisotopic (exact) mass is 314 g/mol. The van der Waals surface area contributed by atoms with E-state index in [1.165, 1.54) is 0 Å². The maximum absolute atomic E-state index is 12.3. The summed E-state index contributed by atoms with van der Waals surface area (Å²) in [5, 5.41) is 0.822. The zero-order chi connectivity index (χ0) is 14.7. The molecular formula is C14H16Cl2N2O2. The second-order valence-corrected chi connectivity index (χ2v) is 5.71. The van der Waals surface area contributed by atoms with Crippen molar-refractivity contribution in [1.29, 1.82) is 0 Å². The third-order valence-corrected chi connectivity index (χ3v) is 4.01. The summed E-state index contributed by atoms with van der Waals surface area (Å²) in [6, 6.07) is 4.90. The summed E-state index contributed by atoms with van der Waals surface area (Å²) in [7, 11) is 0. The maximum Gasteiger partial charge on any atom is 0.253 e. The van der Waals surface area contributed by atoms with Crippen molar-refractivity contribution in [2.24, 2.45) is 0 Å². The molecule has 0 unspecified atom stereocenters. The van der Waals surface area contributed by atoms with Gasteiger partial charge in [-0.2, -0.15) is 0 Å². The van der Waals surface area contributed by atoms with Crippen molar-refractivity contribution in [3.8, 4) is 0 Å². The van der Waals surface area contributed by atoms with Crippen LogP contribution in [0.2, 0.25) is 10.0 Å². The van der Waals surface area contributed by atoms with Gasteiger partial charge in [0.2, 0.25) is 0 Å². The lowest BCUT2D eigenvalue weighted by atomic mass is 10.2. The van der Waals surface area contributed by atoms with Crippen LogP contribution in [0.4, 0.5) is 0 Å². The quantitative estimate of drug-likeness (QED) is 0.860. The summed E-state index contributed by atoms with van der Waals surface area (Å²) in [5.74, 6) is 0.0975. The van der Waals surface area contributed by atoms with Crippen LogP contribution in [-0.2, 0) is 4.79 Å². The van der Waals surface area contributed by atoms with Gasteiger partial charge in [0.15, 0.2) is 0 Å². The molecule has 0 bridgehead atoms. The second-order valence-electron chi connectivity index (χ2n) is 4.90. The van der Waals surface area contributed by atoms with Gasteiger partial charge in [-0.1, -0.05) is 23.2 Å². The van der Waals surface area contributed by atoms with Gasteiger partial charge in [-0.05, 0) is 25.1 Å². The van der Waals surface area contributed by atoms with Crippen LogP contribution in [0.15, 0.2) is 18.2 Å². The molecule has 0 spiro atoms. The molecule has 1 aliphatic rings. The van der Waals surface area contributed by atoms with E-state index in [-0.39, 0.29) is 11.7 Å². The molecule has 0 radical (unpaired) electrons. The van der Waals surface area contributed by atoms with Crippen LogP contribution in [0.3, 0.4) is 0 Å². The largest absolute Gasteiger partial charge is 0.336 e. The van der Waals surface area contributed by atoms with E-state index in [2.05, 4.69) is 4.90 Å². The lowest BCUT2D eigenvalue weighted by molar-refractivity contribution is -0.118. The Morgan fingerprint density at radius 2 is 1.75 bits per heavy atom. The van der Waals surface area contributed by atoms with Crippen molar-refractivity contribution in [2.45, 2.75) is 6.92 Å². The molecule has 6 heteroatoms. The molecule has 0 atom stereocenters. The predicted molar refractivity (Wildman–Crippen MR) is 79.5 cm³/mol. The van der Waals surface area contributed by atoms with E-state index in [0.717, 1.165) is 0 Å². The van der Waals surface area contributed by atoms with E-state index in [1.807, 2.05) is 0 Å². The van der Waals surface area contributed by atoms with Gasteiger partial charge in [0.25, 0.3) is 5.91 Å². The summed E-state index contributed by atoms with van der Waals surface area (Å²) in [4.78, 5) is 27.2. The highest BCUT2D eigenvalue weighted by atomic mass is 35.5. The van der Waals surface area contributed by atoms with Gasteiger partial charge < -0.3 is 4.90 Å². The standard InChI is InChI=1S/C14H16Cl2N2O2/c1-10(19)9-17-4-6-18(7-5-17)14(20)11-2-3-12(15)13(16)8-11/h2-3,8H,4-7,9H2,1H3. The second kappa shape index (κ2) is 6.57. The van der Waals surface area contributed by atoms with Gasteiger partial charge in [-0.15, -0.1) is 0 Å². The molecule has 1 aliphatic heterocycles. The van der Waals surface area contributed by atoms with Crippen LogP contribution in [0.5, 0.6) is 0 Å². The Kier molecular flexibility index (Phi) is 5.02. The molecule has 1 fully saturated rings. The smallest absolute Gasteiger partial charge is 0.253 e. The van der Waals surface area contributed by atoms with Crippen molar-refractivity contribution < 1.29 is 9.59 Å². The molecule has 0 saturated carbocycles. The first-order valence-corrected chi connectivity index (χ1v) is 7.19. The Morgan fingerprint density at radius 1 is 1.10 bits per heavy atom. The van der Waals surface area contributed by atoms with Crippen LogP contribution in [0.1, 0.15) is 17.3 Å². The van der Waals surface area contributed by atoms with Crippen molar-refractivity contribution in [2.75, 3.05) is 32.7 Å². The van der Waals surface area contributed by atoms with Gasteiger partial charge in [-0.25, -0.2) is 0 Å². The number of carbonyl (C=O) groups is 2. The predicted octanol–water partition coefficient (Wildman–Crippen LogP) is 2.34. The zero-order valence-corrected chi connectivity index (χ0v) is 12.7. The molecule has 0 aromatic heterocycles. The minimum Gasteiger partial charge on any atom is -0.336 e. The number of ketones is 1. The van der Waals surface area contributed by atoms with Gasteiger partial charge in [0.05, 0.1) is 16.6 Å². The summed E-state index contributed by atoms with van der Waals surface area (Å²) in [6.45, 7) is 4.69. The van der Waals surface area contributed by atoms with Crippen LogP contribution < -0.4 is 0 Å². The number of hydrogen-bond acceptors (Lipinski definition) is 3. The molecule has 1 aromatic rings. The van der Waals surface area contributed by atoms with Crippen molar-refractivity contribution in [3.05, 3.63) is 33.8 Å². The molecule has 1 aromatic carbocycles. The zero-order valence-electron chi connectivity index (χ0n) is 11.2. The number of nitrogens with zero attached hydrogens (tertiary/aromatic N) is 2. The van der Waals surface area contributed by atoms with Crippen molar-refractivity contribution in [1.82, 2.24) is 9.80 Å². The third-order valence-electron chi connectivity index (χ3n) is 3.27. The highest BCUT2D eigenvalue weighted by Gasteiger charge is 2.22. The Morgan fingerprint density at radius 3 is 2.30 bits per heavy atom. The third kappa shape index (κ3) is 3.72. The first-order chi connectivity index (χ1) is 9.47. The lowest BCUT2D eigenvalue weighted by Gasteiger charge is -2.34. The molecule has 2 rings (SSSR count). The normalized spacial score (nSPS) is 16.2. The highest BCUT2D eigenvalue weighted by Crippen LogP contribution is 2.23. The Bertz CT molecular complexity index is 526. The average molecular weight is 315 g/mol. The minimum atomic E-state index is -0.0500. The summed E-state index contributed by atoms with van der Waals surface area (Å²) < 4.78 is 0. The Balaban J connectivity index is 1.97. The van der Waals surface area contributed by atoms with Gasteiger partial charge in [0, 0.05) is 31.7 Å². The fraction of sp³-hybridized carbons (Fsp3) is 0.429. The van der Waals surface area contributed by atoms with E-state index < -0.39 is 0 Å². The van der Waals surface area contributed by atoms with Crippen LogP contribution >= 0.6 is 23.2 Å². The van der Waals surface area contributed by atoms with Crippen molar-refractivity contribution in [3.63, 3.8) is 0 Å². The molecule has 0 N–H and O–H groups in total. The SMILES string of the molecule is CC(=O)CN1CCN(C(=O)c2ccc(Cl)c(Cl)c2)CC1. The number of rotatable bonds is 3. The summed E-state index contributed by atoms with van der Waals surface area (Å²) in [6.07, 6.45) is 0. The Hall–Kier alpha value is -1.10. The maximum atomic E-state index is 12.3. The topological polar surface area (TPSA) is 40.6 Å². The number of carbonyl (C=O) groups excluding carboxylic acids is 2. The van der Waals surface area contributed by atoms with Crippen LogP contribution in [-0.4, -0.2) is 54.2 Å². The van der Waals surface area contributed by atoms with Crippen molar-refractivity contribution >= 4 is 34.9 Å². The average Bonchev–Trinajstić information content (AvgIpc) is 2.41. The van der Waals surface area contributed by atoms with Gasteiger partial charge >= 0.3 is 0 Å². The molecule has 1 saturated heterocycles. The van der Waals surface area contributed by atoms with E-state index in [1.54, 1.807) is 30.0 Å². The number of benzene rings is 1. The number of Topliss-reactive ketones (excluding diaryl/α,β-unsaturated/α-hetero) is 1. The number of hydrogen-bond donors (Lipinski definition) is 0. The number of halogens is 2. The number of amides is 1. The molecule has 4 nitrogen and oxygen atoms in total. The van der Waals surface area contributed by atoms with E-state index >= 15 is 0 Å². The van der Waals surface area contributed by atoms with E-state index in [4.69, 9.17) is 23.2 Å². The molecule has 1 amide bonds. The molecule has 0 aliphatic carbocycles. The first kappa shape index (κ1) is 15.3. The minimum absolute atomic E-state index is 0.0500. The molecule has 20 heavy (non-hydrogen) atoms. The van der Waals surface area contributed by atoms with Gasteiger partial charge in [0.1, 0.15) is 5.78 Å².